The number of ketones is 1. The number of ether oxygens (including phenoxy) is 1. The zero-order valence-electron chi connectivity index (χ0n) is 16.0. The van der Waals surface area contributed by atoms with E-state index in [0.717, 1.165) is 17.6 Å². The van der Waals surface area contributed by atoms with Crippen molar-refractivity contribution in [3.8, 4) is 5.75 Å². The average molecular weight is 426 g/mol. The van der Waals surface area contributed by atoms with Crippen molar-refractivity contribution < 1.29 is 26.4 Å². The summed E-state index contributed by atoms with van der Waals surface area (Å²) in [6.07, 6.45) is 1.65. The summed E-state index contributed by atoms with van der Waals surface area (Å²) >= 11 is 0. The number of Topliss-reactive ketones (excluding diaryl/α,β-unsaturated/α-hetero) is 1. The summed E-state index contributed by atoms with van der Waals surface area (Å²) in [7, 11) is -6.39. The van der Waals surface area contributed by atoms with Gasteiger partial charge in [0.05, 0.1) is 16.4 Å². The molecule has 0 spiro atoms. The molecule has 0 amide bonds. The summed E-state index contributed by atoms with van der Waals surface area (Å²) in [6, 6.07) is 7.59. The van der Waals surface area contributed by atoms with Gasteiger partial charge in [0, 0.05) is 29.2 Å². The van der Waals surface area contributed by atoms with Gasteiger partial charge >= 0.3 is 0 Å². The van der Waals surface area contributed by atoms with Crippen LogP contribution in [-0.2, 0) is 19.7 Å². The number of nitrogens with zero attached hydrogens (tertiary/aromatic N) is 1. The van der Waals surface area contributed by atoms with Crippen LogP contribution in [0.25, 0.3) is 0 Å². The van der Waals surface area contributed by atoms with Crippen molar-refractivity contribution in [2.75, 3.05) is 24.4 Å². The molecule has 0 N–H and O–H groups in total. The summed E-state index contributed by atoms with van der Waals surface area (Å²) < 4.78 is 54.3. The average Bonchev–Trinajstić information content (AvgIpc) is 3.10. The van der Waals surface area contributed by atoms with Gasteiger partial charge in [0.15, 0.2) is 26.3 Å². The van der Waals surface area contributed by atoms with Crippen molar-refractivity contribution in [3.05, 3.63) is 47.3 Å². The molecule has 2 heterocycles. The van der Waals surface area contributed by atoms with Crippen molar-refractivity contribution in [2.24, 2.45) is 0 Å². The Hall–Kier alpha value is -2.13. The Bertz CT molecular complexity index is 1130. The molecule has 1 saturated heterocycles. The predicted molar refractivity (Wildman–Crippen MR) is 106 cm³/mol. The molecule has 1 unspecified atom stereocenters. The fourth-order valence-corrected chi connectivity index (χ4v) is 5.98. The molecule has 1 fully saturated rings. The molecule has 152 valence electrons. The van der Waals surface area contributed by atoms with Gasteiger partial charge in [0.2, 0.25) is 5.78 Å². The third-order valence-corrected chi connectivity index (χ3v) is 7.82. The van der Waals surface area contributed by atoms with Crippen molar-refractivity contribution in [2.45, 2.75) is 31.2 Å². The van der Waals surface area contributed by atoms with Crippen LogP contribution in [0.3, 0.4) is 0 Å². The van der Waals surface area contributed by atoms with Gasteiger partial charge in [-0.1, -0.05) is 6.07 Å². The number of benzene rings is 1. The molecule has 3 rings (SSSR count). The second kappa shape index (κ2) is 7.36. The zero-order valence-corrected chi connectivity index (χ0v) is 17.6. The highest BCUT2D eigenvalue weighted by atomic mass is 32.2. The van der Waals surface area contributed by atoms with Gasteiger partial charge in [-0.15, -0.1) is 0 Å². The van der Waals surface area contributed by atoms with Gasteiger partial charge in [-0.3, -0.25) is 4.79 Å². The van der Waals surface area contributed by atoms with Crippen LogP contribution in [0.1, 0.15) is 34.2 Å². The number of hydrogen-bond acceptors (Lipinski definition) is 6. The molecular formula is C19H23NO6S2. The van der Waals surface area contributed by atoms with Crippen LogP contribution in [0.2, 0.25) is 0 Å². The van der Waals surface area contributed by atoms with Crippen molar-refractivity contribution in [3.63, 3.8) is 0 Å². The van der Waals surface area contributed by atoms with Crippen LogP contribution in [0.5, 0.6) is 5.75 Å². The molecule has 28 heavy (non-hydrogen) atoms. The lowest BCUT2D eigenvalue weighted by molar-refractivity contribution is 0.0920. The Morgan fingerprint density at radius 2 is 1.96 bits per heavy atom. The quantitative estimate of drug-likeness (QED) is 0.658. The molecule has 0 radical (unpaired) electrons. The van der Waals surface area contributed by atoms with Crippen molar-refractivity contribution >= 4 is 25.5 Å². The maximum atomic E-state index is 12.7. The van der Waals surface area contributed by atoms with Crippen molar-refractivity contribution in [1.82, 2.24) is 4.57 Å². The number of sulfone groups is 2. The van der Waals surface area contributed by atoms with Gasteiger partial charge in [-0.2, -0.15) is 0 Å². The highest BCUT2D eigenvalue weighted by Crippen LogP contribution is 2.29. The number of carbonyl (C=O) groups excluding carboxylic acids is 1. The van der Waals surface area contributed by atoms with Crippen molar-refractivity contribution in [1.29, 1.82) is 0 Å². The van der Waals surface area contributed by atoms with E-state index in [1.165, 1.54) is 12.1 Å². The summed E-state index contributed by atoms with van der Waals surface area (Å²) in [5.41, 5.74) is 2.04. The lowest BCUT2D eigenvalue weighted by Gasteiger charge is -2.16. The largest absolute Gasteiger partial charge is 0.485 e. The third-order valence-electron chi connectivity index (χ3n) is 4.96. The summed E-state index contributed by atoms with van der Waals surface area (Å²) in [5, 5.41) is 0. The molecule has 7 nitrogen and oxygen atoms in total. The summed E-state index contributed by atoms with van der Waals surface area (Å²) in [6.45, 7) is 3.42. The Labute approximate surface area is 165 Å². The van der Waals surface area contributed by atoms with E-state index >= 15 is 0 Å². The maximum absolute atomic E-state index is 12.7. The fourth-order valence-electron chi connectivity index (χ4n) is 3.62. The molecule has 1 aromatic carbocycles. The molecule has 1 aromatic heterocycles. The highest BCUT2D eigenvalue weighted by Gasteiger charge is 2.31. The van der Waals surface area contributed by atoms with Crippen LogP contribution in [0.15, 0.2) is 35.2 Å². The van der Waals surface area contributed by atoms with E-state index < -0.39 is 19.7 Å². The molecule has 1 aliphatic rings. The molecular weight excluding hydrogens is 402 g/mol. The number of aromatic nitrogens is 1. The zero-order chi connectivity index (χ0) is 20.7. The number of carbonyl (C=O) groups is 1. The minimum Gasteiger partial charge on any atom is -0.485 e. The van der Waals surface area contributed by atoms with Gasteiger partial charge in [0.25, 0.3) is 0 Å². The second-order valence-electron chi connectivity index (χ2n) is 7.17. The van der Waals surface area contributed by atoms with Crippen LogP contribution >= 0.6 is 0 Å². The molecule has 0 saturated carbocycles. The maximum Gasteiger partial charge on any atom is 0.202 e. The predicted octanol–water partition coefficient (Wildman–Crippen LogP) is 2.13. The molecule has 1 aliphatic heterocycles. The minimum absolute atomic E-state index is 0.0891. The molecule has 1 atom stereocenters. The van der Waals surface area contributed by atoms with Gasteiger partial charge in [-0.25, -0.2) is 16.8 Å². The summed E-state index contributed by atoms with van der Waals surface area (Å²) in [5.74, 6) is 0.306. The van der Waals surface area contributed by atoms with Gasteiger partial charge in [0.1, 0.15) is 5.75 Å². The minimum atomic E-state index is -3.36. The lowest BCUT2D eigenvalue weighted by atomic mass is 10.1. The number of hydrogen-bond donors (Lipinski definition) is 0. The van der Waals surface area contributed by atoms with E-state index in [4.69, 9.17) is 4.74 Å². The standard InChI is InChI=1S/C19H23NO6S2/c1-13-9-18(14(2)20(13)15-7-8-28(24,25)12-15)19(21)11-26-16-5-4-6-17(10-16)27(3,22)23/h4-6,9-10,15H,7-8,11-12H2,1-3H3. The topological polar surface area (TPSA) is 99.5 Å². The van der Waals surface area contributed by atoms with E-state index in [9.17, 15) is 21.6 Å². The SMILES string of the molecule is Cc1cc(C(=O)COc2cccc(S(C)(=O)=O)c2)c(C)n1C1CCS(=O)(=O)C1. The first-order valence-electron chi connectivity index (χ1n) is 8.83. The van der Waals surface area contributed by atoms with Crippen LogP contribution in [-0.4, -0.2) is 51.6 Å². The van der Waals surface area contributed by atoms with E-state index in [-0.39, 0.29) is 34.8 Å². The van der Waals surface area contributed by atoms with Crippen LogP contribution in [0.4, 0.5) is 0 Å². The van der Waals surface area contributed by atoms with Crippen LogP contribution < -0.4 is 4.74 Å². The Balaban J connectivity index is 1.76. The van der Waals surface area contributed by atoms with Gasteiger partial charge in [-0.05, 0) is 44.5 Å². The van der Waals surface area contributed by atoms with Crippen LogP contribution in [0, 0.1) is 13.8 Å². The van der Waals surface area contributed by atoms with E-state index in [1.54, 1.807) is 25.1 Å². The highest BCUT2D eigenvalue weighted by molar-refractivity contribution is 7.91. The molecule has 0 bridgehead atoms. The normalized spacial score (nSPS) is 18.9. The second-order valence-corrected chi connectivity index (χ2v) is 11.4. The molecule has 2 aromatic rings. The first kappa shape index (κ1) is 20.6. The van der Waals surface area contributed by atoms with E-state index in [2.05, 4.69) is 0 Å². The Kier molecular flexibility index (Phi) is 5.42. The van der Waals surface area contributed by atoms with E-state index in [1.807, 2.05) is 11.5 Å². The smallest absolute Gasteiger partial charge is 0.202 e. The molecule has 0 aliphatic carbocycles. The lowest BCUT2D eigenvalue weighted by Crippen LogP contribution is -2.16. The number of rotatable bonds is 6. The van der Waals surface area contributed by atoms with Gasteiger partial charge < -0.3 is 9.30 Å². The third kappa shape index (κ3) is 4.30. The monoisotopic (exact) mass is 425 g/mol. The molecule has 9 heteroatoms. The van der Waals surface area contributed by atoms with E-state index in [0.29, 0.717) is 17.7 Å². The Morgan fingerprint density at radius 3 is 2.57 bits per heavy atom. The first-order chi connectivity index (χ1) is 13.0. The summed E-state index contributed by atoms with van der Waals surface area (Å²) in [4.78, 5) is 12.8. The number of aryl methyl sites for hydroxylation is 1. The first-order valence-corrected chi connectivity index (χ1v) is 12.5. The Morgan fingerprint density at radius 1 is 1.25 bits per heavy atom. The fraction of sp³-hybridized carbons (Fsp3) is 0.421.